The first-order valence-corrected chi connectivity index (χ1v) is 6.81. The van der Waals surface area contributed by atoms with Crippen LogP contribution in [0.3, 0.4) is 0 Å². The summed E-state index contributed by atoms with van der Waals surface area (Å²) in [6.45, 7) is -0.0653. The molecule has 0 saturated heterocycles. The van der Waals surface area contributed by atoms with Crippen molar-refractivity contribution in [1.29, 1.82) is 0 Å². The van der Waals surface area contributed by atoms with Gasteiger partial charge in [-0.3, -0.25) is 4.79 Å². The number of H-pyrrole nitrogens is 1. The molecule has 0 fully saturated rings. The number of carboxylic acid groups (broad SMARTS) is 2. The summed E-state index contributed by atoms with van der Waals surface area (Å²) in [6, 6.07) is 2.64. The van der Waals surface area contributed by atoms with E-state index in [4.69, 9.17) is 26.8 Å². The number of aromatic amines is 1. The molecule has 0 radical (unpaired) electrons. The topological polar surface area (TPSA) is 152 Å². The van der Waals surface area contributed by atoms with Gasteiger partial charge in [-0.15, -0.1) is 0 Å². The Morgan fingerprint density at radius 3 is 2.29 bits per heavy atom. The van der Waals surface area contributed by atoms with Gasteiger partial charge in [-0.25, -0.2) is 9.59 Å². The molecule has 0 unspecified atom stereocenters. The molecule has 1 aromatic carbocycles. The molecular weight excluding hydrogens is 344 g/mol. The van der Waals surface area contributed by atoms with Gasteiger partial charge < -0.3 is 30.4 Å². The van der Waals surface area contributed by atoms with Crippen LogP contribution in [0.25, 0.3) is 11.1 Å². The number of benzene rings is 1. The summed E-state index contributed by atoms with van der Waals surface area (Å²) in [5.74, 6) is -3.07. The van der Waals surface area contributed by atoms with Crippen LogP contribution >= 0.6 is 11.6 Å². The van der Waals surface area contributed by atoms with Crippen molar-refractivity contribution in [3.8, 4) is 22.6 Å². The maximum absolute atomic E-state index is 12.0. The van der Waals surface area contributed by atoms with Gasteiger partial charge in [-0.05, 0) is 6.07 Å². The molecule has 0 bridgehead atoms. The minimum absolute atomic E-state index is 0.0192. The van der Waals surface area contributed by atoms with E-state index in [1.165, 1.54) is 12.1 Å². The number of fused-ring (bicyclic) bond motifs is 1. The number of pyridine rings is 1. The zero-order chi connectivity index (χ0) is 17.6. The molecule has 2 aromatic rings. The minimum atomic E-state index is -1.62. The summed E-state index contributed by atoms with van der Waals surface area (Å²) >= 11 is 6.13. The van der Waals surface area contributed by atoms with Crippen molar-refractivity contribution in [3.63, 3.8) is 0 Å². The number of nitrogens with two attached hydrogens (primary N) is 1. The molecular formula is C14H9ClN2O7. The van der Waals surface area contributed by atoms with Gasteiger partial charge in [0.05, 0.1) is 5.02 Å². The molecule has 9 nitrogen and oxygen atoms in total. The molecule has 124 valence electrons. The molecule has 24 heavy (non-hydrogen) atoms. The highest BCUT2D eigenvalue weighted by Gasteiger charge is 2.29. The number of ether oxygens (including phenoxy) is 2. The van der Waals surface area contributed by atoms with E-state index in [2.05, 4.69) is 0 Å². The van der Waals surface area contributed by atoms with Gasteiger partial charge in [0.25, 0.3) is 5.56 Å². The van der Waals surface area contributed by atoms with E-state index >= 15 is 0 Å². The van der Waals surface area contributed by atoms with Crippen molar-refractivity contribution in [2.45, 2.75) is 0 Å². The van der Waals surface area contributed by atoms with Crippen LogP contribution < -0.4 is 20.8 Å². The third kappa shape index (κ3) is 2.31. The van der Waals surface area contributed by atoms with E-state index in [0.29, 0.717) is 5.75 Å². The Labute approximate surface area is 138 Å². The van der Waals surface area contributed by atoms with Crippen LogP contribution in [0.15, 0.2) is 16.9 Å². The van der Waals surface area contributed by atoms with Crippen molar-refractivity contribution >= 4 is 29.4 Å². The summed E-state index contributed by atoms with van der Waals surface area (Å²) in [7, 11) is 0. The fourth-order valence-corrected chi connectivity index (χ4v) is 2.67. The predicted molar refractivity (Wildman–Crippen MR) is 82.0 cm³/mol. The molecule has 0 aliphatic carbocycles. The van der Waals surface area contributed by atoms with Gasteiger partial charge >= 0.3 is 11.9 Å². The van der Waals surface area contributed by atoms with E-state index < -0.39 is 40.0 Å². The van der Waals surface area contributed by atoms with Crippen LogP contribution in [0, 0.1) is 0 Å². The second-order valence-corrected chi connectivity index (χ2v) is 5.20. The average Bonchev–Trinajstić information content (AvgIpc) is 2.91. The Hall–Kier alpha value is -3.20. The van der Waals surface area contributed by atoms with E-state index in [-0.39, 0.29) is 23.1 Å². The normalized spacial score (nSPS) is 12.2. The highest BCUT2D eigenvalue weighted by molar-refractivity contribution is 6.34. The third-order valence-electron chi connectivity index (χ3n) is 3.40. The van der Waals surface area contributed by atoms with Crippen LogP contribution in [0.4, 0.5) is 5.82 Å². The number of carboxylic acids is 2. The van der Waals surface area contributed by atoms with Crippen LogP contribution in [0.2, 0.25) is 5.02 Å². The van der Waals surface area contributed by atoms with E-state index in [1.54, 1.807) is 0 Å². The SMILES string of the molecule is Nc1[nH]c(=O)c(C(=O)O)c(-c2cc3c(cc2Cl)OCO3)c1C(=O)O. The van der Waals surface area contributed by atoms with Crippen LogP contribution in [0.5, 0.6) is 11.5 Å². The summed E-state index contributed by atoms with van der Waals surface area (Å²) < 4.78 is 10.3. The monoisotopic (exact) mass is 352 g/mol. The fourth-order valence-electron chi connectivity index (χ4n) is 2.42. The van der Waals surface area contributed by atoms with Crippen LogP contribution in [0.1, 0.15) is 20.7 Å². The van der Waals surface area contributed by atoms with Crippen molar-refractivity contribution < 1.29 is 29.3 Å². The average molecular weight is 353 g/mol. The predicted octanol–water partition coefficient (Wildman–Crippen LogP) is 1.40. The highest BCUT2D eigenvalue weighted by atomic mass is 35.5. The van der Waals surface area contributed by atoms with E-state index in [9.17, 15) is 24.6 Å². The smallest absolute Gasteiger partial charge is 0.342 e. The lowest BCUT2D eigenvalue weighted by Crippen LogP contribution is -2.24. The molecule has 1 aliphatic rings. The van der Waals surface area contributed by atoms with Crippen molar-refractivity contribution in [2.75, 3.05) is 12.5 Å². The fraction of sp³-hybridized carbons (Fsp3) is 0.0714. The Morgan fingerprint density at radius 1 is 1.12 bits per heavy atom. The lowest BCUT2D eigenvalue weighted by molar-refractivity contribution is 0.0695. The van der Waals surface area contributed by atoms with Crippen LogP contribution in [-0.2, 0) is 0 Å². The maximum atomic E-state index is 12.0. The first-order valence-electron chi connectivity index (χ1n) is 6.43. The number of halogens is 1. The highest BCUT2D eigenvalue weighted by Crippen LogP contribution is 2.43. The Balaban J connectivity index is 2.45. The van der Waals surface area contributed by atoms with Gasteiger partial charge in [0.2, 0.25) is 6.79 Å². The summed E-state index contributed by atoms with van der Waals surface area (Å²) in [6.07, 6.45) is 0. The molecule has 5 N–H and O–H groups in total. The van der Waals surface area contributed by atoms with Gasteiger partial charge in [0.15, 0.2) is 11.5 Å². The number of anilines is 1. The number of aromatic carboxylic acids is 2. The Kier molecular flexibility index (Phi) is 3.57. The first-order chi connectivity index (χ1) is 11.3. The summed E-state index contributed by atoms with van der Waals surface area (Å²) in [5, 5.41) is 18.7. The zero-order valence-electron chi connectivity index (χ0n) is 11.8. The molecule has 0 amide bonds. The molecule has 1 aliphatic heterocycles. The first kappa shape index (κ1) is 15.7. The molecule has 10 heteroatoms. The number of rotatable bonds is 3. The largest absolute Gasteiger partial charge is 0.478 e. The van der Waals surface area contributed by atoms with E-state index in [1.807, 2.05) is 4.98 Å². The number of nitrogens with one attached hydrogen (secondary N) is 1. The maximum Gasteiger partial charge on any atom is 0.342 e. The number of nitrogen functional groups attached to an aromatic ring is 1. The standard InChI is InChI=1S/C14H9ClN2O7/c15-5-2-7-6(23-3-24-7)1-4(5)8-9(13(19)20)11(16)17-12(18)10(8)14(21)22/h1-2H,3H2,(H,19,20)(H,21,22)(H3,16,17,18). The zero-order valence-corrected chi connectivity index (χ0v) is 12.5. The van der Waals surface area contributed by atoms with Crippen molar-refractivity contribution in [1.82, 2.24) is 4.98 Å². The lowest BCUT2D eigenvalue weighted by Gasteiger charge is -2.13. The van der Waals surface area contributed by atoms with Gasteiger partial charge in [-0.2, -0.15) is 0 Å². The molecule has 2 heterocycles. The molecule has 1 aromatic heterocycles. The van der Waals surface area contributed by atoms with Gasteiger partial charge in [0.1, 0.15) is 16.9 Å². The minimum Gasteiger partial charge on any atom is -0.478 e. The van der Waals surface area contributed by atoms with Crippen molar-refractivity contribution in [2.24, 2.45) is 0 Å². The number of carbonyl (C=O) groups is 2. The Bertz CT molecular complexity index is 951. The third-order valence-corrected chi connectivity index (χ3v) is 3.72. The summed E-state index contributed by atoms with van der Waals surface area (Å²) in [5.41, 5.74) is 2.73. The molecule has 0 saturated carbocycles. The number of aromatic nitrogens is 1. The van der Waals surface area contributed by atoms with Crippen molar-refractivity contribution in [3.05, 3.63) is 38.6 Å². The lowest BCUT2D eigenvalue weighted by atomic mass is 9.95. The van der Waals surface area contributed by atoms with Gasteiger partial charge in [-0.1, -0.05) is 11.6 Å². The molecule has 3 rings (SSSR count). The Morgan fingerprint density at radius 2 is 1.71 bits per heavy atom. The number of hydrogen-bond donors (Lipinski definition) is 4. The van der Waals surface area contributed by atoms with Crippen LogP contribution in [-0.4, -0.2) is 33.9 Å². The van der Waals surface area contributed by atoms with E-state index in [0.717, 1.165) is 0 Å². The quantitative estimate of drug-likeness (QED) is 0.646. The summed E-state index contributed by atoms with van der Waals surface area (Å²) in [4.78, 5) is 37.0. The molecule has 0 spiro atoms. The van der Waals surface area contributed by atoms with Gasteiger partial charge in [0, 0.05) is 17.2 Å². The molecule has 0 atom stereocenters. The second-order valence-electron chi connectivity index (χ2n) is 4.79. The number of hydrogen-bond acceptors (Lipinski definition) is 6. The second kappa shape index (κ2) is 5.46.